The molecular formula is C41H43N. The molecular weight excluding hydrogens is 506 g/mol. The van der Waals surface area contributed by atoms with Crippen LogP contribution in [-0.4, -0.2) is 4.57 Å². The molecule has 0 unspecified atom stereocenters. The zero-order valence-electron chi connectivity index (χ0n) is 25.6. The van der Waals surface area contributed by atoms with E-state index in [4.69, 9.17) is 12.8 Å². The number of hydrogen-bond acceptors (Lipinski definition) is 0. The molecule has 5 aromatic rings. The second-order valence-corrected chi connectivity index (χ2v) is 11.6. The van der Waals surface area contributed by atoms with E-state index in [-0.39, 0.29) is 0 Å². The molecule has 1 heterocycles. The third-order valence-corrected chi connectivity index (χ3v) is 8.68. The third-order valence-electron chi connectivity index (χ3n) is 8.68. The first-order valence-corrected chi connectivity index (χ1v) is 15.8. The standard InChI is InChI=1S/C41H43N/c1-6-10-12-14-20-30-26-36(34-24-18-16-22-32(34)8-3)40-38(28-30)39-29-31(21-15-13-11-7-2)27-37(41(39)42(40)5)35-25-19-17-23-33(35)9-4/h3-4,16-19,22-29H,6-7,10-15,20-21H2,1-2,5H3. The van der Waals surface area contributed by atoms with Gasteiger partial charge in [-0.1, -0.05) is 101 Å². The summed E-state index contributed by atoms with van der Waals surface area (Å²) in [4.78, 5) is 0. The number of aromatic nitrogens is 1. The molecule has 0 saturated heterocycles. The average Bonchev–Trinajstić information content (AvgIpc) is 3.32. The molecule has 42 heavy (non-hydrogen) atoms. The van der Waals surface area contributed by atoms with Crippen LogP contribution in [0.5, 0.6) is 0 Å². The van der Waals surface area contributed by atoms with Crippen molar-refractivity contribution in [3.63, 3.8) is 0 Å². The molecule has 0 bridgehead atoms. The van der Waals surface area contributed by atoms with Crippen LogP contribution >= 0.6 is 0 Å². The summed E-state index contributed by atoms with van der Waals surface area (Å²) in [6.45, 7) is 4.54. The number of unbranched alkanes of at least 4 members (excludes halogenated alkanes) is 6. The molecule has 212 valence electrons. The van der Waals surface area contributed by atoms with Crippen LogP contribution in [0.1, 0.15) is 87.5 Å². The quantitative estimate of drug-likeness (QED) is 0.108. The van der Waals surface area contributed by atoms with Crippen LogP contribution in [0.15, 0.2) is 72.8 Å². The molecule has 1 heteroatoms. The summed E-state index contributed by atoms with van der Waals surface area (Å²) in [5.41, 5.74) is 11.8. The Hall–Kier alpha value is -4.20. The zero-order valence-corrected chi connectivity index (χ0v) is 25.6. The predicted molar refractivity (Wildman–Crippen MR) is 183 cm³/mol. The van der Waals surface area contributed by atoms with Gasteiger partial charge in [-0.15, -0.1) is 12.8 Å². The highest BCUT2D eigenvalue weighted by atomic mass is 14.9. The minimum absolute atomic E-state index is 0.932. The molecule has 0 radical (unpaired) electrons. The summed E-state index contributed by atoms with van der Waals surface area (Å²) in [6.07, 6.45) is 24.2. The summed E-state index contributed by atoms with van der Waals surface area (Å²) in [7, 11) is 2.20. The van der Waals surface area contributed by atoms with Crippen LogP contribution in [0.25, 0.3) is 44.1 Å². The number of terminal acetylenes is 2. The lowest BCUT2D eigenvalue weighted by Crippen LogP contribution is -1.96. The summed E-state index contributed by atoms with van der Waals surface area (Å²) >= 11 is 0. The fourth-order valence-electron chi connectivity index (χ4n) is 6.53. The highest BCUT2D eigenvalue weighted by Gasteiger charge is 2.20. The van der Waals surface area contributed by atoms with E-state index in [0.29, 0.717) is 0 Å². The summed E-state index contributed by atoms with van der Waals surface area (Å²) in [5.74, 6) is 5.91. The molecule has 0 spiro atoms. The minimum atomic E-state index is 0.932. The van der Waals surface area contributed by atoms with E-state index in [9.17, 15) is 0 Å². The van der Waals surface area contributed by atoms with Crippen molar-refractivity contribution in [2.75, 3.05) is 0 Å². The van der Waals surface area contributed by atoms with Gasteiger partial charge in [0, 0.05) is 40.1 Å². The molecule has 1 nitrogen and oxygen atoms in total. The van der Waals surface area contributed by atoms with Crippen molar-refractivity contribution in [2.24, 2.45) is 7.05 Å². The monoisotopic (exact) mass is 549 g/mol. The second kappa shape index (κ2) is 13.6. The summed E-state index contributed by atoms with van der Waals surface area (Å²) < 4.78 is 2.39. The SMILES string of the molecule is C#Cc1ccccc1-c1cc(CCCCCC)cc2c3cc(CCCCCC)cc(-c4ccccc4C#C)c3n(C)c12. The van der Waals surface area contributed by atoms with Gasteiger partial charge in [-0.05, 0) is 84.3 Å². The lowest BCUT2D eigenvalue weighted by Gasteiger charge is -2.13. The van der Waals surface area contributed by atoms with Gasteiger partial charge in [0.15, 0.2) is 0 Å². The van der Waals surface area contributed by atoms with Gasteiger partial charge in [-0.25, -0.2) is 0 Å². The largest absolute Gasteiger partial charge is 0.343 e. The number of rotatable bonds is 12. The van der Waals surface area contributed by atoms with Gasteiger partial charge in [0.1, 0.15) is 0 Å². The Morgan fingerprint density at radius 1 is 0.548 bits per heavy atom. The molecule has 5 rings (SSSR count). The van der Waals surface area contributed by atoms with Gasteiger partial charge >= 0.3 is 0 Å². The molecule has 0 fully saturated rings. The Kier molecular flexibility index (Phi) is 9.52. The van der Waals surface area contributed by atoms with E-state index in [1.54, 1.807) is 0 Å². The van der Waals surface area contributed by atoms with Gasteiger partial charge in [0.2, 0.25) is 0 Å². The van der Waals surface area contributed by atoms with E-state index in [0.717, 1.165) is 35.1 Å². The first-order chi connectivity index (χ1) is 20.6. The fourth-order valence-corrected chi connectivity index (χ4v) is 6.53. The van der Waals surface area contributed by atoms with E-state index in [1.807, 2.05) is 12.1 Å². The Balaban J connectivity index is 1.82. The van der Waals surface area contributed by atoms with Gasteiger partial charge in [0.25, 0.3) is 0 Å². The Labute approximate surface area is 253 Å². The van der Waals surface area contributed by atoms with Gasteiger partial charge < -0.3 is 4.57 Å². The number of aryl methyl sites for hydroxylation is 3. The topological polar surface area (TPSA) is 4.93 Å². The summed E-state index contributed by atoms with van der Waals surface area (Å²) in [5, 5.41) is 2.61. The second-order valence-electron chi connectivity index (χ2n) is 11.6. The first kappa shape index (κ1) is 29.3. The Morgan fingerprint density at radius 2 is 0.976 bits per heavy atom. The molecule has 0 aliphatic heterocycles. The van der Waals surface area contributed by atoms with Crippen molar-refractivity contribution < 1.29 is 0 Å². The highest BCUT2D eigenvalue weighted by Crippen LogP contribution is 2.42. The van der Waals surface area contributed by atoms with Crippen molar-refractivity contribution in [2.45, 2.75) is 78.1 Å². The van der Waals surface area contributed by atoms with Crippen molar-refractivity contribution in [3.8, 4) is 46.9 Å². The van der Waals surface area contributed by atoms with Gasteiger partial charge in [-0.3, -0.25) is 0 Å². The number of fused-ring (bicyclic) bond motifs is 3. The van der Waals surface area contributed by atoms with Crippen LogP contribution in [0.4, 0.5) is 0 Å². The maximum atomic E-state index is 6.04. The lowest BCUT2D eigenvalue weighted by atomic mass is 9.92. The molecule has 0 atom stereocenters. The fraction of sp³-hybridized carbons (Fsp3) is 0.317. The Bertz CT molecular complexity index is 1650. The molecule has 0 aliphatic rings. The van der Waals surface area contributed by atoms with Crippen LogP contribution in [0.2, 0.25) is 0 Å². The average molecular weight is 550 g/mol. The minimum Gasteiger partial charge on any atom is -0.343 e. The van der Waals surface area contributed by atoms with Gasteiger partial charge in [-0.2, -0.15) is 0 Å². The zero-order chi connectivity index (χ0) is 29.5. The highest BCUT2D eigenvalue weighted by molar-refractivity contribution is 6.17. The molecule has 0 N–H and O–H groups in total. The Morgan fingerprint density at radius 3 is 1.38 bits per heavy atom. The van der Waals surface area contributed by atoms with Gasteiger partial charge in [0.05, 0.1) is 11.0 Å². The molecule has 0 saturated carbocycles. The van der Waals surface area contributed by atoms with Crippen LogP contribution in [-0.2, 0) is 19.9 Å². The van der Waals surface area contributed by atoms with E-state index in [2.05, 4.69) is 98.0 Å². The van der Waals surface area contributed by atoms with Crippen LogP contribution in [0.3, 0.4) is 0 Å². The number of benzene rings is 4. The summed E-state index contributed by atoms with van der Waals surface area (Å²) in [6, 6.07) is 26.4. The van der Waals surface area contributed by atoms with Crippen molar-refractivity contribution in [1.82, 2.24) is 4.57 Å². The van der Waals surface area contributed by atoms with Crippen molar-refractivity contribution in [3.05, 3.63) is 95.1 Å². The predicted octanol–water partition coefficient (Wildman–Crippen LogP) is 10.9. The molecule has 1 aromatic heterocycles. The first-order valence-electron chi connectivity index (χ1n) is 15.8. The molecule has 4 aromatic carbocycles. The number of nitrogens with zero attached hydrogens (tertiary/aromatic N) is 1. The smallest absolute Gasteiger partial charge is 0.0569 e. The van der Waals surface area contributed by atoms with Crippen molar-refractivity contribution in [1.29, 1.82) is 0 Å². The van der Waals surface area contributed by atoms with E-state index < -0.39 is 0 Å². The lowest BCUT2D eigenvalue weighted by molar-refractivity contribution is 0.667. The van der Waals surface area contributed by atoms with Crippen LogP contribution in [0, 0.1) is 24.7 Å². The molecule has 0 aliphatic carbocycles. The van der Waals surface area contributed by atoms with Crippen LogP contribution < -0.4 is 0 Å². The van der Waals surface area contributed by atoms with E-state index in [1.165, 1.54) is 95.4 Å². The van der Waals surface area contributed by atoms with E-state index >= 15 is 0 Å². The normalized spacial score (nSPS) is 11.2. The maximum absolute atomic E-state index is 6.04. The third kappa shape index (κ3) is 5.89. The van der Waals surface area contributed by atoms with Crippen molar-refractivity contribution >= 4 is 21.8 Å². The number of hydrogen-bond donors (Lipinski definition) is 0. The molecule has 0 amide bonds. The maximum Gasteiger partial charge on any atom is 0.0569 e.